The predicted octanol–water partition coefficient (Wildman–Crippen LogP) is 3.12. The molecule has 0 spiro atoms. The third-order valence-corrected chi connectivity index (χ3v) is 4.88. The average Bonchev–Trinajstić information content (AvgIpc) is 3.24. The van der Waals surface area contributed by atoms with Gasteiger partial charge in [-0.15, -0.1) is 0 Å². The van der Waals surface area contributed by atoms with Gasteiger partial charge in [0.25, 0.3) is 0 Å². The van der Waals surface area contributed by atoms with Crippen molar-refractivity contribution in [3.63, 3.8) is 0 Å². The maximum Gasteiger partial charge on any atom is 0.238 e. The molecule has 0 aliphatic rings. The molecule has 162 valence electrons. The van der Waals surface area contributed by atoms with E-state index in [0.717, 1.165) is 27.9 Å². The van der Waals surface area contributed by atoms with Crippen LogP contribution in [0.5, 0.6) is 5.75 Å². The number of aromatic nitrogens is 5. The molecule has 8 heteroatoms. The van der Waals surface area contributed by atoms with E-state index in [9.17, 15) is 4.79 Å². The van der Waals surface area contributed by atoms with Crippen LogP contribution in [0.1, 0.15) is 17.0 Å². The van der Waals surface area contributed by atoms with Gasteiger partial charge < -0.3 is 9.47 Å². The lowest BCUT2D eigenvalue weighted by Gasteiger charge is -2.07. The number of carbonyl (C=O) groups excluding carboxylic acids is 1. The minimum absolute atomic E-state index is 0.0343. The van der Waals surface area contributed by atoms with Gasteiger partial charge in [-0.1, -0.05) is 24.8 Å². The summed E-state index contributed by atoms with van der Waals surface area (Å²) in [6, 6.07) is 13.5. The van der Waals surface area contributed by atoms with E-state index in [1.54, 1.807) is 18.0 Å². The zero-order valence-corrected chi connectivity index (χ0v) is 17.8. The number of hydrogen-bond acceptors (Lipinski definition) is 7. The predicted molar refractivity (Wildman–Crippen MR) is 120 cm³/mol. The number of hydrogen-bond donors (Lipinski definition) is 0. The molecule has 2 heterocycles. The molecule has 4 aromatic rings. The van der Waals surface area contributed by atoms with Crippen LogP contribution in [0.4, 0.5) is 0 Å². The van der Waals surface area contributed by atoms with Crippen molar-refractivity contribution in [2.24, 2.45) is 0 Å². The number of benzene rings is 2. The van der Waals surface area contributed by atoms with Gasteiger partial charge in [0.15, 0.2) is 5.78 Å². The minimum atomic E-state index is -0.0343. The highest BCUT2D eigenvalue weighted by molar-refractivity contribution is 5.91. The van der Waals surface area contributed by atoms with E-state index < -0.39 is 0 Å². The van der Waals surface area contributed by atoms with Gasteiger partial charge in [-0.2, -0.15) is 4.98 Å². The normalized spacial score (nSPS) is 10.9. The summed E-state index contributed by atoms with van der Waals surface area (Å²) in [5.74, 6) is 1.87. The molecule has 0 aliphatic carbocycles. The molecule has 2 aromatic carbocycles. The molecule has 0 unspecified atom stereocenters. The Morgan fingerprint density at radius 2 is 1.88 bits per heavy atom. The van der Waals surface area contributed by atoms with Crippen LogP contribution in [0.25, 0.3) is 17.0 Å². The monoisotopic (exact) mass is 429 g/mol. The molecule has 32 heavy (non-hydrogen) atoms. The summed E-state index contributed by atoms with van der Waals surface area (Å²) in [4.78, 5) is 29.4. The number of ether oxygens (including phenoxy) is 2. The quantitative estimate of drug-likeness (QED) is 0.282. The van der Waals surface area contributed by atoms with Crippen molar-refractivity contribution in [3.8, 4) is 11.7 Å². The Labute approximate surface area is 185 Å². The lowest BCUT2D eigenvalue weighted by molar-refractivity contribution is -0.114. The molecule has 2 aromatic heterocycles. The van der Waals surface area contributed by atoms with Gasteiger partial charge in [0.2, 0.25) is 5.95 Å². The summed E-state index contributed by atoms with van der Waals surface area (Å²) in [6.45, 7) is 4.59. The van der Waals surface area contributed by atoms with E-state index in [-0.39, 0.29) is 12.2 Å². The van der Waals surface area contributed by atoms with Crippen LogP contribution >= 0.6 is 0 Å². The summed E-state index contributed by atoms with van der Waals surface area (Å²) < 4.78 is 12.4. The van der Waals surface area contributed by atoms with E-state index in [2.05, 4.69) is 26.5 Å². The second kappa shape index (κ2) is 9.93. The number of rotatable bonds is 10. The minimum Gasteiger partial charge on any atom is -0.491 e. The molecule has 4 rings (SSSR count). The van der Waals surface area contributed by atoms with Crippen molar-refractivity contribution >= 4 is 16.8 Å². The van der Waals surface area contributed by atoms with Crippen molar-refractivity contribution in [2.45, 2.75) is 12.8 Å². The van der Waals surface area contributed by atoms with Crippen molar-refractivity contribution in [1.82, 2.24) is 24.5 Å². The standard InChI is InChI=1S/C24H23N5O3/c1-3-19(30)12-18-6-9-21-22(13-18)29(16-27-21)24-26-15-25-23(28-24)14-17-4-7-20(8-5-17)32-11-10-31-2/h3-9,13,15-16H,1,10-12,14H2,2H3. The largest absolute Gasteiger partial charge is 0.491 e. The zero-order chi connectivity index (χ0) is 22.3. The molecule has 0 fully saturated rings. The topological polar surface area (TPSA) is 92.0 Å². The van der Waals surface area contributed by atoms with Crippen LogP contribution in [-0.4, -0.2) is 50.6 Å². The first-order valence-electron chi connectivity index (χ1n) is 10.2. The fraction of sp³-hybridized carbons (Fsp3) is 0.208. The highest BCUT2D eigenvalue weighted by Gasteiger charge is 2.11. The fourth-order valence-corrected chi connectivity index (χ4v) is 3.25. The van der Waals surface area contributed by atoms with Crippen LogP contribution in [0, 0.1) is 0 Å². The van der Waals surface area contributed by atoms with Crippen LogP contribution in [0.2, 0.25) is 0 Å². The second-order valence-electron chi connectivity index (χ2n) is 7.15. The van der Waals surface area contributed by atoms with Gasteiger partial charge in [0, 0.05) is 20.0 Å². The Hall–Kier alpha value is -3.91. The van der Waals surface area contributed by atoms with E-state index in [1.165, 1.54) is 12.4 Å². The van der Waals surface area contributed by atoms with E-state index in [4.69, 9.17) is 9.47 Å². The van der Waals surface area contributed by atoms with Crippen molar-refractivity contribution in [2.75, 3.05) is 20.3 Å². The first kappa shape index (κ1) is 21.3. The Balaban J connectivity index is 1.54. The molecule has 0 atom stereocenters. The Morgan fingerprint density at radius 1 is 1.06 bits per heavy atom. The van der Waals surface area contributed by atoms with Gasteiger partial charge in [0.05, 0.1) is 17.6 Å². The van der Waals surface area contributed by atoms with Gasteiger partial charge in [-0.05, 0) is 41.5 Å². The molecule has 0 saturated heterocycles. The highest BCUT2D eigenvalue weighted by atomic mass is 16.5. The van der Waals surface area contributed by atoms with Gasteiger partial charge in [-0.3, -0.25) is 9.36 Å². The summed E-state index contributed by atoms with van der Waals surface area (Å²) in [7, 11) is 1.64. The summed E-state index contributed by atoms with van der Waals surface area (Å²) in [5, 5.41) is 0. The smallest absolute Gasteiger partial charge is 0.238 e. The average molecular weight is 429 g/mol. The third-order valence-electron chi connectivity index (χ3n) is 4.88. The van der Waals surface area contributed by atoms with Crippen LogP contribution < -0.4 is 4.74 Å². The van der Waals surface area contributed by atoms with Gasteiger partial charge in [0.1, 0.15) is 30.8 Å². The van der Waals surface area contributed by atoms with Gasteiger partial charge >= 0.3 is 0 Å². The number of nitrogens with zero attached hydrogens (tertiary/aromatic N) is 5. The Bertz CT molecular complexity index is 1230. The molecule has 8 nitrogen and oxygen atoms in total. The molecule has 0 aliphatic heterocycles. The summed E-state index contributed by atoms with van der Waals surface area (Å²) in [5.41, 5.74) is 3.56. The fourth-order valence-electron chi connectivity index (χ4n) is 3.25. The molecular formula is C24H23N5O3. The Kier molecular flexibility index (Phi) is 6.62. The van der Waals surface area contributed by atoms with E-state index in [1.807, 2.05) is 42.5 Å². The number of allylic oxidation sites excluding steroid dienone is 1. The molecular weight excluding hydrogens is 406 g/mol. The number of fused-ring (bicyclic) bond motifs is 1. The molecule has 0 saturated carbocycles. The van der Waals surface area contributed by atoms with Crippen LogP contribution in [0.15, 0.2) is 67.8 Å². The Morgan fingerprint density at radius 3 is 2.66 bits per heavy atom. The number of methoxy groups -OCH3 is 1. The van der Waals surface area contributed by atoms with Crippen molar-refractivity contribution in [3.05, 3.63) is 84.7 Å². The molecule has 0 radical (unpaired) electrons. The third kappa shape index (κ3) is 5.04. The first-order chi connectivity index (χ1) is 15.7. The molecule has 0 N–H and O–H groups in total. The second-order valence-corrected chi connectivity index (χ2v) is 7.15. The SMILES string of the molecule is C=CC(=O)Cc1ccc2ncn(-c3ncnc(Cc4ccc(OCCOC)cc4)n3)c2c1. The number of imidazole rings is 1. The highest BCUT2D eigenvalue weighted by Crippen LogP contribution is 2.19. The first-order valence-corrected chi connectivity index (χ1v) is 10.2. The van der Waals surface area contributed by atoms with Crippen LogP contribution in [-0.2, 0) is 22.4 Å². The summed E-state index contributed by atoms with van der Waals surface area (Å²) >= 11 is 0. The maximum atomic E-state index is 11.7. The van der Waals surface area contributed by atoms with Crippen molar-refractivity contribution in [1.29, 1.82) is 0 Å². The number of carbonyl (C=O) groups is 1. The lowest BCUT2D eigenvalue weighted by atomic mass is 10.1. The van der Waals surface area contributed by atoms with Crippen molar-refractivity contribution < 1.29 is 14.3 Å². The van der Waals surface area contributed by atoms with Crippen LogP contribution in [0.3, 0.4) is 0 Å². The summed E-state index contributed by atoms with van der Waals surface area (Å²) in [6.07, 6.45) is 5.35. The van der Waals surface area contributed by atoms with E-state index in [0.29, 0.717) is 31.4 Å². The maximum absolute atomic E-state index is 11.7. The molecule has 0 bridgehead atoms. The number of ketones is 1. The van der Waals surface area contributed by atoms with E-state index >= 15 is 0 Å². The lowest BCUT2D eigenvalue weighted by Crippen LogP contribution is -2.06. The molecule has 0 amide bonds. The zero-order valence-electron chi connectivity index (χ0n) is 17.8. The van der Waals surface area contributed by atoms with Gasteiger partial charge in [-0.25, -0.2) is 15.0 Å².